The first-order valence-electron chi connectivity index (χ1n) is 7.93. The molecule has 1 saturated heterocycles. The zero-order chi connectivity index (χ0) is 18.9. The summed E-state index contributed by atoms with van der Waals surface area (Å²) in [5.41, 5.74) is 0.877. The van der Waals surface area contributed by atoms with Crippen molar-refractivity contribution in [2.75, 3.05) is 25.0 Å². The van der Waals surface area contributed by atoms with Gasteiger partial charge in [0, 0.05) is 12.7 Å². The maximum atomic E-state index is 12.8. The van der Waals surface area contributed by atoms with Crippen molar-refractivity contribution in [1.29, 1.82) is 0 Å². The SMILES string of the molecule is Cc1cnn(CC2CN(C(=O)Nc3nc(C)c(C(F)(F)F)s3)CCO2)c1. The Balaban J connectivity index is 1.61. The lowest BCUT2D eigenvalue weighted by Gasteiger charge is -2.32. The van der Waals surface area contributed by atoms with E-state index < -0.39 is 17.1 Å². The van der Waals surface area contributed by atoms with Gasteiger partial charge in [-0.15, -0.1) is 0 Å². The highest BCUT2D eigenvalue weighted by Crippen LogP contribution is 2.37. The van der Waals surface area contributed by atoms with Crippen molar-refractivity contribution < 1.29 is 22.7 Å². The fourth-order valence-electron chi connectivity index (χ4n) is 2.67. The second kappa shape index (κ2) is 7.23. The van der Waals surface area contributed by atoms with E-state index >= 15 is 0 Å². The average Bonchev–Trinajstić information content (AvgIpc) is 3.13. The topological polar surface area (TPSA) is 72.3 Å². The summed E-state index contributed by atoms with van der Waals surface area (Å²) in [5, 5.41) is 6.57. The molecule has 0 spiro atoms. The quantitative estimate of drug-likeness (QED) is 0.876. The molecular formula is C15H18F3N5O2S. The number of halogens is 3. The van der Waals surface area contributed by atoms with Gasteiger partial charge in [-0.2, -0.15) is 18.3 Å². The number of carbonyl (C=O) groups excluding carboxylic acids is 1. The molecule has 1 atom stereocenters. The van der Waals surface area contributed by atoms with Gasteiger partial charge in [0.15, 0.2) is 5.13 Å². The molecule has 0 radical (unpaired) electrons. The first kappa shape index (κ1) is 18.6. The van der Waals surface area contributed by atoms with E-state index in [0.29, 0.717) is 37.6 Å². The number of aryl methyl sites for hydroxylation is 2. The summed E-state index contributed by atoms with van der Waals surface area (Å²) in [4.78, 5) is 16.9. The van der Waals surface area contributed by atoms with E-state index in [4.69, 9.17) is 4.74 Å². The van der Waals surface area contributed by atoms with Gasteiger partial charge in [0.1, 0.15) is 4.88 Å². The Kier molecular flexibility index (Phi) is 5.19. The third kappa shape index (κ3) is 4.33. The molecule has 2 aromatic rings. The number of alkyl halides is 3. The van der Waals surface area contributed by atoms with Gasteiger partial charge < -0.3 is 9.64 Å². The maximum Gasteiger partial charge on any atom is 0.427 e. The number of rotatable bonds is 3. The van der Waals surface area contributed by atoms with Crippen LogP contribution in [0.25, 0.3) is 0 Å². The van der Waals surface area contributed by atoms with E-state index in [1.54, 1.807) is 10.9 Å². The van der Waals surface area contributed by atoms with Gasteiger partial charge in [0.05, 0.1) is 37.7 Å². The third-order valence-corrected chi connectivity index (χ3v) is 4.96. The van der Waals surface area contributed by atoms with Crippen LogP contribution >= 0.6 is 11.3 Å². The fraction of sp³-hybridized carbons (Fsp3) is 0.533. The van der Waals surface area contributed by atoms with Crippen molar-refractivity contribution in [1.82, 2.24) is 19.7 Å². The predicted molar refractivity (Wildman–Crippen MR) is 89.1 cm³/mol. The Morgan fingerprint density at radius 1 is 1.46 bits per heavy atom. The molecular weight excluding hydrogens is 371 g/mol. The zero-order valence-electron chi connectivity index (χ0n) is 14.2. The number of hydrogen-bond donors (Lipinski definition) is 1. The van der Waals surface area contributed by atoms with Crippen LogP contribution in [0.1, 0.15) is 16.1 Å². The number of hydrogen-bond acceptors (Lipinski definition) is 5. The first-order chi connectivity index (χ1) is 12.2. The smallest absolute Gasteiger partial charge is 0.373 e. The van der Waals surface area contributed by atoms with E-state index in [0.717, 1.165) is 5.56 Å². The Morgan fingerprint density at radius 2 is 2.23 bits per heavy atom. The molecule has 1 fully saturated rings. The summed E-state index contributed by atoms with van der Waals surface area (Å²) in [7, 11) is 0. The number of aromatic nitrogens is 3. The minimum atomic E-state index is -4.48. The number of urea groups is 1. The van der Waals surface area contributed by atoms with Crippen molar-refractivity contribution in [3.8, 4) is 0 Å². The molecule has 11 heteroatoms. The van der Waals surface area contributed by atoms with Crippen LogP contribution in [0.5, 0.6) is 0 Å². The minimum Gasteiger partial charge on any atom is -0.373 e. The number of nitrogens with one attached hydrogen (secondary N) is 1. The third-order valence-electron chi connectivity index (χ3n) is 3.85. The van der Waals surface area contributed by atoms with Crippen molar-refractivity contribution in [3.63, 3.8) is 0 Å². The van der Waals surface area contributed by atoms with Crippen LogP contribution in [-0.2, 0) is 17.5 Å². The molecule has 1 N–H and O–H groups in total. The normalized spacial score (nSPS) is 18.2. The van der Waals surface area contributed by atoms with E-state index in [1.807, 2.05) is 13.1 Å². The summed E-state index contributed by atoms with van der Waals surface area (Å²) < 4.78 is 45.9. The van der Waals surface area contributed by atoms with Gasteiger partial charge in [0.25, 0.3) is 0 Å². The summed E-state index contributed by atoms with van der Waals surface area (Å²) in [6.07, 6.45) is -1.11. The van der Waals surface area contributed by atoms with Crippen molar-refractivity contribution in [2.45, 2.75) is 32.7 Å². The van der Waals surface area contributed by atoms with Crippen LogP contribution in [0.2, 0.25) is 0 Å². The van der Waals surface area contributed by atoms with Crippen molar-refractivity contribution in [3.05, 3.63) is 28.5 Å². The van der Waals surface area contributed by atoms with Gasteiger partial charge in [0.2, 0.25) is 0 Å². The molecule has 1 unspecified atom stereocenters. The van der Waals surface area contributed by atoms with Gasteiger partial charge in [-0.25, -0.2) is 9.78 Å². The zero-order valence-corrected chi connectivity index (χ0v) is 15.0. The van der Waals surface area contributed by atoms with Crippen LogP contribution in [0.3, 0.4) is 0 Å². The second-order valence-electron chi connectivity index (χ2n) is 6.04. The number of amides is 2. The standard InChI is InChI=1S/C15H18F3N5O2S/c1-9-5-19-23(6-9)8-11-7-22(3-4-25-11)14(24)21-13-20-10(2)12(26-13)15(16,17)18/h5-6,11H,3-4,7-8H2,1-2H3,(H,20,21,24). The molecule has 1 aliphatic rings. The molecule has 2 aromatic heterocycles. The fourth-order valence-corrected chi connectivity index (χ4v) is 3.50. The van der Waals surface area contributed by atoms with Crippen LogP contribution in [0.15, 0.2) is 12.4 Å². The lowest BCUT2D eigenvalue weighted by atomic mass is 10.3. The maximum absolute atomic E-state index is 12.8. The highest BCUT2D eigenvalue weighted by Gasteiger charge is 2.36. The summed E-state index contributed by atoms with van der Waals surface area (Å²) in [6, 6.07) is -0.488. The average molecular weight is 389 g/mol. The van der Waals surface area contributed by atoms with Crippen molar-refractivity contribution in [2.24, 2.45) is 0 Å². The number of anilines is 1. The van der Waals surface area contributed by atoms with Gasteiger partial charge in [-0.1, -0.05) is 11.3 Å². The molecule has 142 valence electrons. The highest BCUT2D eigenvalue weighted by molar-refractivity contribution is 7.16. The number of thiazole rings is 1. The molecule has 26 heavy (non-hydrogen) atoms. The molecule has 0 saturated carbocycles. The van der Waals surface area contributed by atoms with Gasteiger partial charge in [-0.05, 0) is 19.4 Å². The Hall–Kier alpha value is -2.14. The first-order valence-corrected chi connectivity index (χ1v) is 8.75. The van der Waals surface area contributed by atoms with E-state index in [2.05, 4.69) is 15.4 Å². The van der Waals surface area contributed by atoms with Gasteiger partial charge >= 0.3 is 12.2 Å². The van der Waals surface area contributed by atoms with Gasteiger partial charge in [-0.3, -0.25) is 10.00 Å². The molecule has 3 rings (SSSR count). The molecule has 7 nitrogen and oxygen atoms in total. The lowest BCUT2D eigenvalue weighted by Crippen LogP contribution is -2.48. The second-order valence-corrected chi connectivity index (χ2v) is 7.04. The molecule has 3 heterocycles. The van der Waals surface area contributed by atoms with Crippen molar-refractivity contribution >= 4 is 22.5 Å². The monoisotopic (exact) mass is 389 g/mol. The molecule has 0 bridgehead atoms. The summed E-state index contributed by atoms with van der Waals surface area (Å²) >= 11 is 0.425. The Labute approximate surface area is 151 Å². The summed E-state index contributed by atoms with van der Waals surface area (Å²) in [6.45, 7) is 4.72. The lowest BCUT2D eigenvalue weighted by molar-refractivity contribution is -0.134. The van der Waals surface area contributed by atoms with Crippen LogP contribution in [0.4, 0.5) is 23.1 Å². The van der Waals surface area contributed by atoms with E-state index in [1.165, 1.54) is 11.8 Å². The molecule has 0 aromatic carbocycles. The Bertz CT molecular complexity index is 789. The highest BCUT2D eigenvalue weighted by atomic mass is 32.1. The number of carbonyl (C=O) groups is 1. The Morgan fingerprint density at radius 3 is 2.85 bits per heavy atom. The number of ether oxygens (including phenoxy) is 1. The molecule has 1 aliphatic heterocycles. The molecule has 2 amide bonds. The van der Waals surface area contributed by atoms with Crippen LogP contribution in [0, 0.1) is 13.8 Å². The molecule has 0 aliphatic carbocycles. The summed E-state index contributed by atoms with van der Waals surface area (Å²) in [5.74, 6) is 0. The number of nitrogens with zero attached hydrogens (tertiary/aromatic N) is 4. The van der Waals surface area contributed by atoms with E-state index in [-0.39, 0.29) is 16.9 Å². The van der Waals surface area contributed by atoms with E-state index in [9.17, 15) is 18.0 Å². The predicted octanol–water partition coefficient (Wildman–Crippen LogP) is 2.91. The van der Waals surface area contributed by atoms with Crippen LogP contribution in [-0.4, -0.2) is 51.5 Å². The van der Waals surface area contributed by atoms with Crippen LogP contribution < -0.4 is 5.32 Å². The largest absolute Gasteiger partial charge is 0.427 e. The number of morpholine rings is 1. The minimum absolute atomic E-state index is 0.0643.